The summed E-state index contributed by atoms with van der Waals surface area (Å²) in [5.74, 6) is 5.58. The molecule has 0 aromatic rings. The van der Waals surface area contributed by atoms with Crippen LogP contribution in [0.2, 0.25) is 0 Å². The van der Waals surface area contributed by atoms with Gasteiger partial charge >= 0.3 is 0 Å². The van der Waals surface area contributed by atoms with E-state index in [1.807, 2.05) is 19.1 Å². The lowest BCUT2D eigenvalue weighted by Gasteiger charge is -1.66. The fraction of sp³-hybridized carbons (Fsp3) is 0.429. The predicted molar refractivity (Wildman–Crippen MR) is 32.9 cm³/mol. The van der Waals surface area contributed by atoms with Crippen molar-refractivity contribution in [3.63, 3.8) is 0 Å². The van der Waals surface area contributed by atoms with Crippen molar-refractivity contribution >= 4 is 0 Å². The van der Waals surface area contributed by atoms with Crippen LogP contribution in [0.15, 0.2) is 12.2 Å². The molecule has 0 spiro atoms. The molecule has 0 fully saturated rings. The molecule has 7 heavy (non-hydrogen) atoms. The lowest BCUT2D eigenvalue weighted by atomic mass is 10.4. The molecule has 0 aliphatic carbocycles. The zero-order chi connectivity index (χ0) is 5.54. The van der Waals surface area contributed by atoms with Crippen molar-refractivity contribution in [1.29, 1.82) is 0 Å². The van der Waals surface area contributed by atoms with Crippen LogP contribution in [0.3, 0.4) is 0 Å². The van der Waals surface area contributed by atoms with Crippen molar-refractivity contribution in [1.82, 2.24) is 0 Å². The first-order valence-electron chi connectivity index (χ1n) is 2.49. The molecule has 0 amide bonds. The highest BCUT2D eigenvalue weighted by Crippen LogP contribution is 1.75. The lowest BCUT2D eigenvalue weighted by molar-refractivity contribution is 1.23. The van der Waals surface area contributed by atoms with Crippen molar-refractivity contribution in [2.24, 2.45) is 0 Å². The van der Waals surface area contributed by atoms with E-state index in [2.05, 4.69) is 18.8 Å². The summed E-state index contributed by atoms with van der Waals surface area (Å²) in [7, 11) is 0. The standard InChI is InChI=1S/C7H10/c1-3-5-7-6-4-2/h5,7H,3H2,1-2H3. The zero-order valence-corrected chi connectivity index (χ0v) is 4.86. The van der Waals surface area contributed by atoms with Crippen LogP contribution >= 0.6 is 0 Å². The molecule has 0 unspecified atom stereocenters. The molecule has 0 aliphatic rings. The Morgan fingerprint density at radius 2 is 2.29 bits per heavy atom. The second-order valence-electron chi connectivity index (χ2n) is 1.20. The average molecular weight is 94.2 g/mol. The van der Waals surface area contributed by atoms with Gasteiger partial charge in [0.2, 0.25) is 0 Å². The van der Waals surface area contributed by atoms with Gasteiger partial charge in [-0.15, -0.1) is 5.92 Å². The third kappa shape index (κ3) is 5.30. The van der Waals surface area contributed by atoms with Crippen molar-refractivity contribution in [3.8, 4) is 11.8 Å². The van der Waals surface area contributed by atoms with Crippen LogP contribution in [0.25, 0.3) is 0 Å². The Hall–Kier alpha value is -0.700. The Morgan fingerprint density at radius 1 is 1.57 bits per heavy atom. The molecule has 0 radical (unpaired) electrons. The topological polar surface area (TPSA) is 0 Å². The molecule has 0 heteroatoms. The monoisotopic (exact) mass is 94.1 g/mol. The molecule has 0 saturated heterocycles. The van der Waals surface area contributed by atoms with Crippen LogP contribution in [-0.4, -0.2) is 0 Å². The molecule has 0 nitrogen and oxygen atoms in total. The molecule has 0 bridgehead atoms. The van der Waals surface area contributed by atoms with Gasteiger partial charge in [-0.25, -0.2) is 0 Å². The van der Waals surface area contributed by atoms with Crippen LogP contribution in [0.5, 0.6) is 0 Å². The van der Waals surface area contributed by atoms with E-state index in [-0.39, 0.29) is 0 Å². The zero-order valence-electron chi connectivity index (χ0n) is 4.86. The summed E-state index contributed by atoms with van der Waals surface area (Å²) < 4.78 is 0. The van der Waals surface area contributed by atoms with E-state index < -0.39 is 0 Å². The van der Waals surface area contributed by atoms with Crippen molar-refractivity contribution in [2.45, 2.75) is 20.3 Å². The Balaban J connectivity index is 3.21. The first kappa shape index (κ1) is 6.30. The van der Waals surface area contributed by atoms with Gasteiger partial charge in [-0.05, 0) is 19.4 Å². The van der Waals surface area contributed by atoms with Gasteiger partial charge in [0.05, 0.1) is 0 Å². The number of allylic oxidation sites excluding steroid dienone is 2. The van der Waals surface area contributed by atoms with Gasteiger partial charge in [0.15, 0.2) is 0 Å². The molecule has 0 aromatic heterocycles. The van der Waals surface area contributed by atoms with Gasteiger partial charge in [0, 0.05) is 0 Å². The Morgan fingerprint density at radius 3 is 2.71 bits per heavy atom. The molecule has 0 N–H and O–H groups in total. The smallest absolute Gasteiger partial charge is 0.00235 e. The highest BCUT2D eigenvalue weighted by atomic mass is 13.6. The van der Waals surface area contributed by atoms with Gasteiger partial charge < -0.3 is 0 Å². The highest BCUT2D eigenvalue weighted by Gasteiger charge is 1.56. The van der Waals surface area contributed by atoms with Gasteiger partial charge in [-0.1, -0.05) is 18.9 Å². The maximum atomic E-state index is 2.82. The molecular formula is C7H10. The number of hydrogen-bond acceptors (Lipinski definition) is 0. The van der Waals surface area contributed by atoms with E-state index in [9.17, 15) is 0 Å². The summed E-state index contributed by atoms with van der Waals surface area (Å²) in [5, 5.41) is 0. The summed E-state index contributed by atoms with van der Waals surface area (Å²) in [6.45, 7) is 3.92. The van der Waals surface area contributed by atoms with Crippen molar-refractivity contribution in [2.75, 3.05) is 0 Å². The Labute approximate surface area is 45.2 Å². The maximum absolute atomic E-state index is 2.82. The van der Waals surface area contributed by atoms with E-state index >= 15 is 0 Å². The minimum Gasteiger partial charge on any atom is -0.102 e. The SMILES string of the molecule is CC#CC=CCC. The summed E-state index contributed by atoms with van der Waals surface area (Å²) in [6.07, 6.45) is 4.99. The molecule has 38 valence electrons. The normalized spacial score (nSPS) is 8.29. The van der Waals surface area contributed by atoms with E-state index in [0.717, 1.165) is 6.42 Å². The van der Waals surface area contributed by atoms with Crippen LogP contribution in [0.1, 0.15) is 20.3 Å². The molecule has 0 saturated carbocycles. The van der Waals surface area contributed by atoms with Gasteiger partial charge in [-0.2, -0.15) is 0 Å². The van der Waals surface area contributed by atoms with Crippen LogP contribution < -0.4 is 0 Å². The molecule has 0 aromatic carbocycles. The molecule has 0 rings (SSSR count). The Bertz CT molecular complexity index is 98.9. The number of hydrogen-bond donors (Lipinski definition) is 0. The van der Waals surface area contributed by atoms with Crippen molar-refractivity contribution in [3.05, 3.63) is 12.2 Å². The summed E-state index contributed by atoms with van der Waals surface area (Å²) in [4.78, 5) is 0. The minimum atomic E-state index is 1.08. The summed E-state index contributed by atoms with van der Waals surface area (Å²) in [5.41, 5.74) is 0. The largest absolute Gasteiger partial charge is 0.102 e. The first-order chi connectivity index (χ1) is 3.41. The van der Waals surface area contributed by atoms with Crippen LogP contribution in [0, 0.1) is 11.8 Å². The quantitative estimate of drug-likeness (QED) is 0.436. The summed E-state index contributed by atoms with van der Waals surface area (Å²) in [6, 6.07) is 0. The molecule has 0 aliphatic heterocycles. The fourth-order valence-electron chi connectivity index (χ4n) is 0.260. The number of rotatable bonds is 1. The molecule has 0 heterocycles. The summed E-state index contributed by atoms with van der Waals surface area (Å²) >= 11 is 0. The second-order valence-corrected chi connectivity index (χ2v) is 1.20. The predicted octanol–water partition coefficient (Wildman–Crippen LogP) is 1.98. The maximum Gasteiger partial charge on any atom is -0.00235 e. The average Bonchev–Trinajstić information content (AvgIpc) is 1.69. The van der Waals surface area contributed by atoms with E-state index in [1.54, 1.807) is 0 Å². The highest BCUT2D eigenvalue weighted by molar-refractivity contribution is 5.13. The Kier molecular flexibility index (Phi) is 4.77. The van der Waals surface area contributed by atoms with Gasteiger partial charge in [0.25, 0.3) is 0 Å². The molecular weight excluding hydrogens is 84.1 g/mol. The third-order valence-electron chi connectivity index (χ3n) is 0.581. The lowest BCUT2D eigenvalue weighted by Crippen LogP contribution is -1.49. The first-order valence-corrected chi connectivity index (χ1v) is 2.49. The third-order valence-corrected chi connectivity index (χ3v) is 0.581. The van der Waals surface area contributed by atoms with E-state index in [1.165, 1.54) is 0 Å². The van der Waals surface area contributed by atoms with E-state index in [0.29, 0.717) is 0 Å². The fourth-order valence-corrected chi connectivity index (χ4v) is 0.260. The van der Waals surface area contributed by atoms with Crippen molar-refractivity contribution < 1.29 is 0 Å². The molecule has 0 atom stereocenters. The van der Waals surface area contributed by atoms with Gasteiger partial charge in [0.1, 0.15) is 0 Å². The van der Waals surface area contributed by atoms with Gasteiger partial charge in [-0.3, -0.25) is 0 Å². The van der Waals surface area contributed by atoms with Crippen LogP contribution in [0.4, 0.5) is 0 Å². The van der Waals surface area contributed by atoms with Crippen LogP contribution in [-0.2, 0) is 0 Å². The minimum absolute atomic E-state index is 1.08. The van der Waals surface area contributed by atoms with E-state index in [4.69, 9.17) is 0 Å². The second kappa shape index (κ2) is 5.30.